The first-order valence-electron chi connectivity index (χ1n) is 7.58. The lowest BCUT2D eigenvalue weighted by Gasteiger charge is -2.12. The molecule has 0 aliphatic carbocycles. The molecule has 0 unspecified atom stereocenters. The molecule has 0 saturated heterocycles. The Balaban J connectivity index is 1.78. The summed E-state index contributed by atoms with van der Waals surface area (Å²) in [6, 6.07) is 17.2. The maximum Gasteiger partial charge on any atom is 0.335 e. The van der Waals surface area contributed by atoms with Gasteiger partial charge in [-0.2, -0.15) is 0 Å². The minimum Gasteiger partial charge on any atom is -0.478 e. The lowest BCUT2D eigenvalue weighted by atomic mass is 10.0. The number of carbonyl (C=O) groups excluding carboxylic acids is 1. The zero-order chi connectivity index (χ0) is 18.7. The Bertz CT molecular complexity index is 1040. The average molecular weight is 429 g/mol. The van der Waals surface area contributed by atoms with Crippen LogP contribution in [0.2, 0.25) is 0 Å². The Morgan fingerprint density at radius 2 is 1.65 bits per heavy atom. The van der Waals surface area contributed by atoms with Crippen molar-refractivity contribution < 1.29 is 14.7 Å². The lowest BCUT2D eigenvalue weighted by molar-refractivity contribution is 0.0696. The minimum absolute atomic E-state index is 0.0875. The Labute approximate surface area is 163 Å². The molecule has 3 N–H and O–H groups in total. The number of carbonyl (C=O) groups is 2. The van der Waals surface area contributed by atoms with Crippen molar-refractivity contribution in [1.29, 1.82) is 0 Å². The summed E-state index contributed by atoms with van der Waals surface area (Å²) in [4.78, 5) is 23.6. The zero-order valence-electron chi connectivity index (χ0n) is 13.3. The van der Waals surface area contributed by atoms with Gasteiger partial charge in [0, 0.05) is 15.7 Å². The Morgan fingerprint density at radius 3 is 2.42 bits per heavy atom. The molecule has 26 heavy (non-hydrogen) atoms. The molecule has 0 bridgehead atoms. The number of carboxylic acids is 1. The summed E-state index contributed by atoms with van der Waals surface area (Å²) in [7, 11) is 0. The molecule has 1 amide bonds. The van der Waals surface area contributed by atoms with E-state index in [0.717, 1.165) is 15.2 Å². The van der Waals surface area contributed by atoms with E-state index in [1.54, 1.807) is 24.3 Å². The molecule has 0 spiro atoms. The van der Waals surface area contributed by atoms with Gasteiger partial charge in [-0.1, -0.05) is 46.3 Å². The number of thiocarbonyl (C=S) groups is 1. The molecule has 3 rings (SSSR count). The van der Waals surface area contributed by atoms with Crippen molar-refractivity contribution in [1.82, 2.24) is 5.32 Å². The van der Waals surface area contributed by atoms with Crippen molar-refractivity contribution >= 4 is 61.6 Å². The molecule has 3 aromatic carbocycles. The summed E-state index contributed by atoms with van der Waals surface area (Å²) in [6.07, 6.45) is 0. The van der Waals surface area contributed by atoms with E-state index in [1.165, 1.54) is 12.1 Å². The van der Waals surface area contributed by atoms with Gasteiger partial charge in [0.15, 0.2) is 5.11 Å². The maximum absolute atomic E-state index is 12.6. The fraction of sp³-hybridized carbons (Fsp3) is 0. The largest absolute Gasteiger partial charge is 0.478 e. The molecule has 0 atom stereocenters. The van der Waals surface area contributed by atoms with E-state index in [1.807, 2.05) is 24.3 Å². The zero-order valence-corrected chi connectivity index (χ0v) is 15.7. The van der Waals surface area contributed by atoms with Crippen molar-refractivity contribution in [3.8, 4) is 0 Å². The van der Waals surface area contributed by atoms with Crippen molar-refractivity contribution in [2.24, 2.45) is 0 Å². The predicted octanol–water partition coefficient (Wildman–Crippen LogP) is 4.43. The third-order valence-corrected chi connectivity index (χ3v) is 4.60. The lowest BCUT2D eigenvalue weighted by Crippen LogP contribution is -2.34. The van der Waals surface area contributed by atoms with Gasteiger partial charge >= 0.3 is 5.97 Å². The number of fused-ring (bicyclic) bond motifs is 1. The van der Waals surface area contributed by atoms with Crippen molar-refractivity contribution in [2.45, 2.75) is 0 Å². The minimum atomic E-state index is -1.04. The highest BCUT2D eigenvalue weighted by molar-refractivity contribution is 9.10. The van der Waals surface area contributed by atoms with Crippen LogP contribution in [0.3, 0.4) is 0 Å². The van der Waals surface area contributed by atoms with E-state index in [0.29, 0.717) is 11.3 Å². The highest BCUT2D eigenvalue weighted by Gasteiger charge is 2.13. The highest BCUT2D eigenvalue weighted by Crippen LogP contribution is 2.26. The fourth-order valence-electron chi connectivity index (χ4n) is 2.53. The molecule has 0 heterocycles. The van der Waals surface area contributed by atoms with Crippen LogP contribution in [0.5, 0.6) is 0 Å². The molecule has 3 aromatic rings. The second-order valence-corrected chi connectivity index (χ2v) is 6.70. The Hall–Kier alpha value is -2.77. The Kier molecular flexibility index (Phi) is 5.29. The first-order valence-corrected chi connectivity index (χ1v) is 8.79. The molecule has 0 saturated carbocycles. The van der Waals surface area contributed by atoms with Crippen LogP contribution in [-0.4, -0.2) is 22.1 Å². The molecule has 0 radical (unpaired) electrons. The molecular weight excluding hydrogens is 416 g/mol. The smallest absolute Gasteiger partial charge is 0.335 e. The van der Waals surface area contributed by atoms with E-state index in [9.17, 15) is 9.59 Å². The quantitative estimate of drug-likeness (QED) is 0.537. The highest BCUT2D eigenvalue weighted by atomic mass is 79.9. The standard InChI is InChI=1S/C19H13BrN2O3S/c20-16-9-3-6-13-14(16)7-2-8-15(13)17(23)22-19(26)21-12-5-1-4-11(10-12)18(24)25/h1-10H,(H,24,25)(H2,21,22,23,26). The number of hydrogen-bond acceptors (Lipinski definition) is 3. The van der Waals surface area contributed by atoms with Crippen LogP contribution >= 0.6 is 28.1 Å². The van der Waals surface area contributed by atoms with Crippen LogP contribution in [0.4, 0.5) is 5.69 Å². The second kappa shape index (κ2) is 7.63. The molecule has 0 aliphatic heterocycles. The monoisotopic (exact) mass is 428 g/mol. The maximum atomic E-state index is 12.6. The van der Waals surface area contributed by atoms with Gasteiger partial charge in [-0.25, -0.2) is 4.79 Å². The summed E-state index contributed by atoms with van der Waals surface area (Å²) < 4.78 is 0.899. The first kappa shape index (κ1) is 18.0. The number of nitrogens with one attached hydrogen (secondary N) is 2. The molecule has 5 nitrogen and oxygen atoms in total. The number of benzene rings is 3. The van der Waals surface area contributed by atoms with Crippen LogP contribution in [0.25, 0.3) is 10.8 Å². The van der Waals surface area contributed by atoms with Gasteiger partial charge in [-0.05, 0) is 53.3 Å². The van der Waals surface area contributed by atoms with Crippen LogP contribution in [0.1, 0.15) is 20.7 Å². The number of amides is 1. The normalized spacial score (nSPS) is 10.3. The summed E-state index contributed by atoms with van der Waals surface area (Å²) in [5.74, 6) is -1.38. The molecule has 0 aliphatic rings. The van der Waals surface area contributed by atoms with E-state index in [4.69, 9.17) is 17.3 Å². The van der Waals surface area contributed by atoms with Gasteiger partial charge in [0.1, 0.15) is 0 Å². The summed E-state index contributed by atoms with van der Waals surface area (Å²) in [6.45, 7) is 0. The van der Waals surface area contributed by atoms with Crippen LogP contribution in [0, 0.1) is 0 Å². The SMILES string of the molecule is O=C(O)c1cccc(NC(=S)NC(=O)c2cccc3c(Br)cccc23)c1. The van der Waals surface area contributed by atoms with Gasteiger partial charge in [0.25, 0.3) is 5.91 Å². The van der Waals surface area contributed by atoms with E-state index >= 15 is 0 Å². The number of anilines is 1. The molecular formula is C19H13BrN2O3S. The van der Waals surface area contributed by atoms with E-state index in [2.05, 4.69) is 26.6 Å². The van der Waals surface area contributed by atoms with Crippen molar-refractivity contribution in [3.05, 3.63) is 76.3 Å². The Morgan fingerprint density at radius 1 is 0.962 bits per heavy atom. The van der Waals surface area contributed by atoms with Crippen LogP contribution < -0.4 is 10.6 Å². The first-order chi connectivity index (χ1) is 12.5. The van der Waals surface area contributed by atoms with Gasteiger partial charge in [0.2, 0.25) is 0 Å². The topological polar surface area (TPSA) is 78.4 Å². The van der Waals surface area contributed by atoms with Gasteiger partial charge < -0.3 is 10.4 Å². The third kappa shape index (κ3) is 3.89. The predicted molar refractivity (Wildman–Crippen MR) is 109 cm³/mol. The van der Waals surface area contributed by atoms with E-state index in [-0.39, 0.29) is 16.6 Å². The fourth-order valence-corrected chi connectivity index (χ4v) is 3.24. The van der Waals surface area contributed by atoms with Crippen LogP contribution in [0.15, 0.2) is 65.1 Å². The molecule has 0 fully saturated rings. The summed E-state index contributed by atoms with van der Waals surface area (Å²) in [5.41, 5.74) is 1.10. The van der Waals surface area contributed by atoms with E-state index < -0.39 is 5.97 Å². The number of halogens is 1. The third-order valence-electron chi connectivity index (χ3n) is 3.71. The van der Waals surface area contributed by atoms with Gasteiger partial charge in [-0.3, -0.25) is 10.1 Å². The molecule has 130 valence electrons. The second-order valence-electron chi connectivity index (χ2n) is 5.43. The number of rotatable bonds is 3. The molecule has 0 aromatic heterocycles. The van der Waals surface area contributed by atoms with Crippen molar-refractivity contribution in [3.63, 3.8) is 0 Å². The number of carboxylic acid groups (broad SMARTS) is 1. The van der Waals surface area contributed by atoms with Crippen molar-refractivity contribution in [2.75, 3.05) is 5.32 Å². The van der Waals surface area contributed by atoms with Crippen LogP contribution in [-0.2, 0) is 0 Å². The summed E-state index contributed by atoms with van der Waals surface area (Å²) in [5, 5.41) is 16.3. The molecule has 7 heteroatoms. The number of aromatic carboxylic acids is 1. The number of hydrogen-bond donors (Lipinski definition) is 3. The average Bonchev–Trinajstić information content (AvgIpc) is 2.61. The van der Waals surface area contributed by atoms with Gasteiger partial charge in [0.05, 0.1) is 5.56 Å². The van der Waals surface area contributed by atoms with Gasteiger partial charge in [-0.15, -0.1) is 0 Å². The summed E-state index contributed by atoms with van der Waals surface area (Å²) >= 11 is 8.65.